The monoisotopic (exact) mass is 720 g/mol. The van der Waals surface area contributed by atoms with Crippen molar-refractivity contribution in [1.29, 1.82) is 0 Å². The third-order valence-electron chi connectivity index (χ3n) is 12.1. The Hall–Kier alpha value is -6.50. The zero-order chi connectivity index (χ0) is 36.8. The molecule has 0 saturated carbocycles. The van der Waals surface area contributed by atoms with E-state index in [9.17, 15) is 0 Å². The van der Waals surface area contributed by atoms with Crippen molar-refractivity contribution in [3.8, 4) is 22.5 Å². The number of hydrogen-bond donors (Lipinski definition) is 0. The van der Waals surface area contributed by atoms with Gasteiger partial charge in [-0.15, -0.1) is 0 Å². The van der Waals surface area contributed by atoms with Gasteiger partial charge in [0, 0.05) is 46.3 Å². The maximum atomic E-state index is 4.88. The molecular weight excluding hydrogens is 683 g/mol. The van der Waals surface area contributed by atoms with Crippen molar-refractivity contribution in [2.24, 2.45) is 0 Å². The lowest BCUT2D eigenvalue weighted by Crippen LogP contribution is -2.83. The molecule has 11 rings (SSSR count). The minimum absolute atomic E-state index is 0.0724. The molecule has 0 saturated heterocycles. The fourth-order valence-corrected chi connectivity index (χ4v) is 14.3. The van der Waals surface area contributed by atoms with Gasteiger partial charge in [-0.1, -0.05) is 114 Å². The number of aromatic nitrogens is 2. The van der Waals surface area contributed by atoms with Crippen molar-refractivity contribution < 1.29 is 0 Å². The van der Waals surface area contributed by atoms with Crippen LogP contribution in [0.25, 0.3) is 22.5 Å². The van der Waals surface area contributed by atoms with Gasteiger partial charge in [0.1, 0.15) is 8.07 Å². The van der Waals surface area contributed by atoms with Crippen LogP contribution in [-0.4, -0.2) is 24.8 Å². The summed E-state index contributed by atoms with van der Waals surface area (Å²) in [6, 6.07) is 58.2. The molecule has 0 fully saturated rings. The number of rotatable bonds is 5. The Bertz CT molecular complexity index is 2660. The summed E-state index contributed by atoms with van der Waals surface area (Å²) >= 11 is 0. The van der Waals surface area contributed by atoms with Gasteiger partial charge in [-0.3, -0.25) is 9.97 Å². The number of nitrogens with zero attached hydrogens (tertiary/aromatic N) is 4. The lowest BCUT2D eigenvalue weighted by molar-refractivity contribution is 1.23. The van der Waals surface area contributed by atoms with Crippen molar-refractivity contribution in [1.82, 2.24) is 9.97 Å². The predicted octanol–water partition coefficient (Wildman–Crippen LogP) is 7.92. The van der Waals surface area contributed by atoms with Crippen LogP contribution in [0.3, 0.4) is 0 Å². The highest BCUT2D eigenvalue weighted by molar-refractivity contribution is 7.21. The van der Waals surface area contributed by atoms with Crippen LogP contribution >= 0.6 is 0 Å². The molecule has 0 N–H and O–H groups in total. The van der Waals surface area contributed by atoms with E-state index in [1.807, 2.05) is 24.5 Å². The van der Waals surface area contributed by atoms with Gasteiger partial charge in [0.2, 0.25) is 0 Å². The number of hydrogen-bond acceptors (Lipinski definition) is 4. The summed E-state index contributed by atoms with van der Waals surface area (Å²) in [6.07, 6.45) is 3.79. The molecule has 8 aromatic rings. The Morgan fingerprint density at radius 2 is 0.891 bits per heavy atom. The number of aryl methyl sites for hydroxylation is 2. The highest BCUT2D eigenvalue weighted by Gasteiger charge is 2.54. The second-order valence-electron chi connectivity index (χ2n) is 15.3. The van der Waals surface area contributed by atoms with Crippen molar-refractivity contribution in [3.63, 3.8) is 0 Å². The highest BCUT2D eigenvalue weighted by atomic mass is 28.3. The molecule has 0 amide bonds. The largest absolute Gasteiger partial charge is 0.311 e. The second kappa shape index (κ2) is 12.0. The number of benzene rings is 6. The van der Waals surface area contributed by atoms with Crippen LogP contribution in [-0.2, 0) is 0 Å². The molecule has 3 aliphatic heterocycles. The fraction of sp³-hybridized carbons (Fsp3) is 0.0612. The zero-order valence-electron chi connectivity index (χ0n) is 31.0. The average molecular weight is 721 g/mol. The molecule has 55 heavy (non-hydrogen) atoms. The number of anilines is 6. The second-order valence-corrected chi connectivity index (χ2v) is 19.2. The first-order chi connectivity index (χ1) is 27.0. The van der Waals surface area contributed by atoms with E-state index in [2.05, 4.69) is 176 Å². The Kier molecular flexibility index (Phi) is 6.98. The van der Waals surface area contributed by atoms with Gasteiger partial charge in [-0.2, -0.15) is 0 Å². The van der Waals surface area contributed by atoms with Crippen LogP contribution in [0.15, 0.2) is 170 Å². The third kappa shape index (κ3) is 4.52. The molecule has 260 valence electrons. The molecule has 0 atom stereocenters. The smallest absolute Gasteiger partial charge is 0.251 e. The van der Waals surface area contributed by atoms with Crippen LogP contribution < -0.4 is 41.7 Å². The summed E-state index contributed by atoms with van der Waals surface area (Å²) in [5.41, 5.74) is 18.1. The van der Waals surface area contributed by atoms with Gasteiger partial charge in [-0.05, 0) is 107 Å². The molecule has 0 aliphatic carbocycles. The van der Waals surface area contributed by atoms with E-state index < -0.39 is 8.07 Å². The Morgan fingerprint density at radius 3 is 1.38 bits per heavy atom. The SMILES string of the molecule is Cc1cc2c3c(c1)[Si](C)(c1ccccc1)c1cc(C)cc4c1B3c1c(cccc1N4c1ccccc1-c1ccccn1)N2c1ccccc1-c1ccccn1. The van der Waals surface area contributed by atoms with Crippen molar-refractivity contribution >= 4 is 80.9 Å². The van der Waals surface area contributed by atoms with E-state index in [0.717, 1.165) is 33.9 Å². The molecule has 3 aliphatic rings. The first-order valence-corrected chi connectivity index (χ1v) is 21.6. The molecular formula is C49H37BN4Si. The Labute approximate surface area is 323 Å². The van der Waals surface area contributed by atoms with Gasteiger partial charge >= 0.3 is 0 Å². The molecule has 0 bridgehead atoms. The highest BCUT2D eigenvalue weighted by Crippen LogP contribution is 2.48. The summed E-state index contributed by atoms with van der Waals surface area (Å²) in [4.78, 5) is 14.9. The quantitative estimate of drug-likeness (QED) is 0.169. The molecule has 4 nitrogen and oxygen atoms in total. The van der Waals surface area contributed by atoms with E-state index in [-0.39, 0.29) is 6.71 Å². The lowest BCUT2D eigenvalue weighted by Gasteiger charge is -2.51. The summed E-state index contributed by atoms with van der Waals surface area (Å²) in [5, 5.41) is 4.44. The predicted molar refractivity (Wildman–Crippen MR) is 233 cm³/mol. The minimum atomic E-state index is -2.59. The molecule has 2 aromatic heterocycles. The molecule has 6 heteroatoms. The van der Waals surface area contributed by atoms with Gasteiger partial charge in [0.25, 0.3) is 6.71 Å². The van der Waals surface area contributed by atoms with Crippen molar-refractivity contribution in [2.75, 3.05) is 9.80 Å². The summed E-state index contributed by atoms with van der Waals surface area (Å²) in [5.74, 6) is 0. The lowest BCUT2D eigenvalue weighted by atomic mass is 9.33. The summed E-state index contributed by atoms with van der Waals surface area (Å²) < 4.78 is 0. The molecule has 0 radical (unpaired) electrons. The number of pyridine rings is 2. The van der Waals surface area contributed by atoms with Crippen LogP contribution in [0.2, 0.25) is 6.55 Å². The van der Waals surface area contributed by atoms with E-state index in [1.165, 1.54) is 65.8 Å². The first kappa shape index (κ1) is 32.0. The van der Waals surface area contributed by atoms with E-state index in [4.69, 9.17) is 9.97 Å². The maximum Gasteiger partial charge on any atom is 0.251 e. The average Bonchev–Trinajstić information content (AvgIpc) is 3.23. The summed E-state index contributed by atoms with van der Waals surface area (Å²) in [6.45, 7) is 7.22. The Balaban J connectivity index is 1.30. The van der Waals surface area contributed by atoms with Crippen LogP contribution in [0.5, 0.6) is 0 Å². The standard InChI is InChI=1S/C49H37BN4Si/c1-32-28-43-48-45(30-32)55(3,34-16-5-4-6-17-34)46-31-33(2)29-44-49(46)50(48)47-41(53(43)39-22-9-7-18-35(39)37-20-11-13-26-51-37)24-15-25-42(47)54(44)40-23-10-8-19-36(40)38-21-12-14-27-52-38/h4-31H,1-3H3. The van der Waals surface area contributed by atoms with E-state index in [1.54, 1.807) is 0 Å². The van der Waals surface area contributed by atoms with Crippen molar-refractivity contribution in [3.05, 3.63) is 181 Å². The normalized spacial score (nSPS) is 14.1. The maximum absolute atomic E-state index is 4.88. The molecule has 6 aromatic carbocycles. The first-order valence-electron chi connectivity index (χ1n) is 19.1. The molecule has 0 unspecified atom stereocenters. The van der Waals surface area contributed by atoms with Crippen LogP contribution in [0.4, 0.5) is 34.1 Å². The topological polar surface area (TPSA) is 32.3 Å². The fourth-order valence-electron chi connectivity index (χ4n) is 9.84. The van der Waals surface area contributed by atoms with Crippen LogP contribution in [0, 0.1) is 13.8 Å². The van der Waals surface area contributed by atoms with Crippen LogP contribution in [0.1, 0.15) is 11.1 Å². The van der Waals surface area contributed by atoms with E-state index in [0.29, 0.717) is 0 Å². The van der Waals surface area contributed by atoms with Gasteiger partial charge in [0.15, 0.2) is 0 Å². The molecule has 0 spiro atoms. The zero-order valence-corrected chi connectivity index (χ0v) is 32.0. The summed E-state index contributed by atoms with van der Waals surface area (Å²) in [7, 11) is -2.59. The Morgan fingerprint density at radius 1 is 0.436 bits per heavy atom. The van der Waals surface area contributed by atoms with Gasteiger partial charge in [-0.25, -0.2) is 0 Å². The third-order valence-corrected chi connectivity index (χ3v) is 16.6. The molecule has 5 heterocycles. The van der Waals surface area contributed by atoms with Crippen molar-refractivity contribution in [2.45, 2.75) is 20.4 Å². The van der Waals surface area contributed by atoms with Gasteiger partial charge in [0.05, 0.1) is 22.8 Å². The van der Waals surface area contributed by atoms with Gasteiger partial charge < -0.3 is 9.80 Å². The number of para-hydroxylation sites is 2. The minimum Gasteiger partial charge on any atom is -0.311 e. The van der Waals surface area contributed by atoms with E-state index >= 15 is 0 Å².